The van der Waals surface area contributed by atoms with Gasteiger partial charge in [0.15, 0.2) is 11.4 Å². The van der Waals surface area contributed by atoms with E-state index in [1.165, 1.54) is 6.33 Å². The maximum absolute atomic E-state index is 8.96. The fourth-order valence-electron chi connectivity index (χ4n) is 1.62. The average molecular weight is 253 g/mol. The van der Waals surface area contributed by atoms with Gasteiger partial charge < -0.3 is 15.0 Å². The summed E-state index contributed by atoms with van der Waals surface area (Å²) in [5.41, 5.74) is 6.67. The molecule has 1 heterocycles. The SMILES string of the molecule is N#Cc1ncn(CCOc2ccccc2N)c1C#N. The molecule has 6 heteroatoms. The first-order valence-electron chi connectivity index (χ1n) is 5.59. The molecule has 6 nitrogen and oxygen atoms in total. The zero-order chi connectivity index (χ0) is 13.7. The fraction of sp³-hybridized carbons (Fsp3) is 0.154. The first-order chi connectivity index (χ1) is 9.26. The van der Waals surface area contributed by atoms with Crippen LogP contribution in [-0.2, 0) is 6.54 Å². The van der Waals surface area contributed by atoms with Gasteiger partial charge in [0.2, 0.25) is 0 Å². The second-order valence-electron chi connectivity index (χ2n) is 3.75. The van der Waals surface area contributed by atoms with Crippen LogP contribution in [0.4, 0.5) is 5.69 Å². The monoisotopic (exact) mass is 253 g/mol. The van der Waals surface area contributed by atoms with Crippen LogP contribution in [-0.4, -0.2) is 16.2 Å². The molecule has 0 aliphatic rings. The van der Waals surface area contributed by atoms with Gasteiger partial charge in [-0.2, -0.15) is 10.5 Å². The highest BCUT2D eigenvalue weighted by atomic mass is 16.5. The number of hydrogen-bond acceptors (Lipinski definition) is 5. The number of rotatable bonds is 4. The second-order valence-corrected chi connectivity index (χ2v) is 3.75. The van der Waals surface area contributed by atoms with Crippen LogP contribution in [0.15, 0.2) is 30.6 Å². The molecule has 0 unspecified atom stereocenters. The highest BCUT2D eigenvalue weighted by Crippen LogP contribution is 2.19. The number of nitrogen functional groups attached to an aromatic ring is 1. The van der Waals surface area contributed by atoms with Crippen molar-refractivity contribution in [2.75, 3.05) is 12.3 Å². The number of nitrogens with two attached hydrogens (primary N) is 1. The van der Waals surface area contributed by atoms with E-state index in [0.717, 1.165) is 0 Å². The van der Waals surface area contributed by atoms with Crippen molar-refractivity contribution in [1.29, 1.82) is 10.5 Å². The lowest BCUT2D eigenvalue weighted by Crippen LogP contribution is -2.10. The molecule has 0 atom stereocenters. The number of hydrogen-bond donors (Lipinski definition) is 1. The summed E-state index contributed by atoms with van der Waals surface area (Å²) in [5.74, 6) is 0.599. The highest BCUT2D eigenvalue weighted by molar-refractivity contribution is 5.51. The molecule has 19 heavy (non-hydrogen) atoms. The Morgan fingerprint density at radius 1 is 1.26 bits per heavy atom. The van der Waals surface area contributed by atoms with Gasteiger partial charge in [0.1, 0.15) is 24.5 Å². The van der Waals surface area contributed by atoms with E-state index in [0.29, 0.717) is 24.6 Å². The summed E-state index contributed by atoms with van der Waals surface area (Å²) in [5, 5.41) is 17.7. The summed E-state index contributed by atoms with van der Waals surface area (Å²) in [6.45, 7) is 0.760. The summed E-state index contributed by atoms with van der Waals surface area (Å²) >= 11 is 0. The van der Waals surface area contributed by atoms with E-state index in [-0.39, 0.29) is 11.4 Å². The smallest absolute Gasteiger partial charge is 0.176 e. The molecule has 0 amide bonds. The Morgan fingerprint density at radius 2 is 2.05 bits per heavy atom. The molecular weight excluding hydrogens is 242 g/mol. The molecule has 2 aromatic rings. The molecule has 2 N–H and O–H groups in total. The number of para-hydroxylation sites is 2. The maximum Gasteiger partial charge on any atom is 0.176 e. The molecule has 1 aromatic carbocycles. The molecule has 0 aliphatic carbocycles. The number of benzene rings is 1. The zero-order valence-electron chi connectivity index (χ0n) is 10.1. The molecule has 0 bridgehead atoms. The average Bonchev–Trinajstić information content (AvgIpc) is 2.83. The van der Waals surface area contributed by atoms with E-state index < -0.39 is 0 Å². The largest absolute Gasteiger partial charge is 0.490 e. The molecule has 0 radical (unpaired) electrons. The molecule has 1 aromatic heterocycles. The van der Waals surface area contributed by atoms with E-state index in [1.54, 1.807) is 16.7 Å². The van der Waals surface area contributed by atoms with Crippen LogP contribution in [0.2, 0.25) is 0 Å². The van der Waals surface area contributed by atoms with Gasteiger partial charge in [-0.25, -0.2) is 4.98 Å². The Hall–Kier alpha value is -2.99. The summed E-state index contributed by atoms with van der Waals surface area (Å²) in [7, 11) is 0. The van der Waals surface area contributed by atoms with E-state index in [9.17, 15) is 0 Å². The van der Waals surface area contributed by atoms with Crippen LogP contribution in [0.3, 0.4) is 0 Å². The molecule has 0 spiro atoms. The van der Waals surface area contributed by atoms with E-state index in [4.69, 9.17) is 21.0 Å². The van der Waals surface area contributed by atoms with Crippen molar-refractivity contribution in [2.24, 2.45) is 0 Å². The predicted molar refractivity (Wildman–Crippen MR) is 68.0 cm³/mol. The first-order valence-corrected chi connectivity index (χ1v) is 5.59. The normalized spacial score (nSPS) is 9.58. The quantitative estimate of drug-likeness (QED) is 0.827. The predicted octanol–water partition coefficient (Wildman–Crippen LogP) is 1.29. The van der Waals surface area contributed by atoms with Gasteiger partial charge in [0, 0.05) is 0 Å². The zero-order valence-corrected chi connectivity index (χ0v) is 10.1. The third-order valence-corrected chi connectivity index (χ3v) is 2.56. The highest BCUT2D eigenvalue weighted by Gasteiger charge is 2.09. The lowest BCUT2D eigenvalue weighted by atomic mass is 10.3. The molecule has 0 aliphatic heterocycles. The van der Waals surface area contributed by atoms with Crippen LogP contribution in [0.5, 0.6) is 5.75 Å². The molecule has 0 saturated heterocycles. The first kappa shape index (κ1) is 12.5. The fourth-order valence-corrected chi connectivity index (χ4v) is 1.62. The van der Waals surface area contributed by atoms with Gasteiger partial charge in [-0.15, -0.1) is 0 Å². The lowest BCUT2D eigenvalue weighted by Gasteiger charge is -2.09. The standard InChI is InChI=1S/C13H11N5O/c14-7-11-12(8-15)18(9-17-11)5-6-19-13-4-2-1-3-10(13)16/h1-4,9H,5-6,16H2. The van der Waals surface area contributed by atoms with E-state index in [1.807, 2.05) is 24.3 Å². The minimum Gasteiger partial charge on any atom is -0.490 e. The molecule has 0 fully saturated rings. The van der Waals surface area contributed by atoms with Crippen molar-refractivity contribution in [3.8, 4) is 17.9 Å². The van der Waals surface area contributed by atoms with Crippen molar-refractivity contribution in [3.05, 3.63) is 42.0 Å². The topological polar surface area (TPSA) is 101 Å². The van der Waals surface area contributed by atoms with Crippen molar-refractivity contribution in [1.82, 2.24) is 9.55 Å². The Bertz CT molecular complexity index is 662. The third kappa shape index (κ3) is 2.64. The minimum absolute atomic E-state index is 0.127. The van der Waals surface area contributed by atoms with Gasteiger partial charge in [0.25, 0.3) is 0 Å². The molecular formula is C13H11N5O. The Morgan fingerprint density at radius 3 is 2.74 bits per heavy atom. The van der Waals surface area contributed by atoms with Gasteiger partial charge in [-0.3, -0.25) is 0 Å². The Balaban J connectivity index is 2.01. The number of anilines is 1. The third-order valence-electron chi connectivity index (χ3n) is 2.56. The summed E-state index contributed by atoms with van der Waals surface area (Å²) in [4.78, 5) is 3.85. The number of ether oxygens (including phenoxy) is 1. The van der Waals surface area contributed by atoms with Crippen LogP contribution >= 0.6 is 0 Å². The molecule has 94 valence electrons. The Labute approximate surface area is 110 Å². The van der Waals surface area contributed by atoms with Gasteiger partial charge in [0.05, 0.1) is 18.6 Å². The van der Waals surface area contributed by atoms with E-state index in [2.05, 4.69) is 4.98 Å². The van der Waals surface area contributed by atoms with Crippen molar-refractivity contribution in [2.45, 2.75) is 6.54 Å². The number of aromatic nitrogens is 2. The number of nitrogens with zero attached hydrogens (tertiary/aromatic N) is 4. The minimum atomic E-state index is 0.127. The van der Waals surface area contributed by atoms with Crippen molar-refractivity contribution in [3.63, 3.8) is 0 Å². The maximum atomic E-state index is 8.96. The summed E-state index contributed by atoms with van der Waals surface area (Å²) < 4.78 is 7.10. The van der Waals surface area contributed by atoms with Crippen molar-refractivity contribution >= 4 is 5.69 Å². The van der Waals surface area contributed by atoms with Gasteiger partial charge >= 0.3 is 0 Å². The number of imidazole rings is 1. The second kappa shape index (κ2) is 5.56. The summed E-state index contributed by atoms with van der Waals surface area (Å²) in [6, 6.07) is 11.0. The summed E-state index contributed by atoms with van der Waals surface area (Å²) in [6.07, 6.45) is 1.45. The van der Waals surface area contributed by atoms with Crippen molar-refractivity contribution < 1.29 is 4.74 Å². The van der Waals surface area contributed by atoms with Crippen LogP contribution in [0, 0.1) is 22.7 Å². The number of nitriles is 2. The van der Waals surface area contributed by atoms with Crippen LogP contribution in [0.1, 0.15) is 11.4 Å². The molecule has 0 saturated carbocycles. The van der Waals surface area contributed by atoms with E-state index >= 15 is 0 Å². The van der Waals surface area contributed by atoms with Crippen LogP contribution < -0.4 is 10.5 Å². The Kier molecular flexibility index (Phi) is 3.65. The van der Waals surface area contributed by atoms with Gasteiger partial charge in [-0.1, -0.05) is 12.1 Å². The lowest BCUT2D eigenvalue weighted by molar-refractivity contribution is 0.299. The van der Waals surface area contributed by atoms with Crippen LogP contribution in [0.25, 0.3) is 0 Å². The molecule has 2 rings (SSSR count). The van der Waals surface area contributed by atoms with Gasteiger partial charge in [-0.05, 0) is 12.1 Å².